The van der Waals surface area contributed by atoms with Crippen LogP contribution in [-0.4, -0.2) is 38.3 Å². The Bertz CT molecular complexity index is 378. The summed E-state index contributed by atoms with van der Waals surface area (Å²) < 4.78 is 18.5. The lowest BCUT2D eigenvalue weighted by Gasteiger charge is -2.29. The Morgan fingerprint density at radius 1 is 1.44 bits per heavy atom. The molecule has 1 N–H and O–H groups in total. The molecule has 0 spiro atoms. The van der Waals surface area contributed by atoms with E-state index in [2.05, 4.69) is 15.2 Å². The number of hydrogen-bond acceptors (Lipinski definition) is 4. The second-order valence-corrected chi connectivity index (χ2v) is 3.82. The Balaban J connectivity index is 2.33. The Morgan fingerprint density at radius 3 is 2.75 bits per heavy atom. The number of hydrogen-bond donors (Lipinski definition) is 1. The van der Waals surface area contributed by atoms with E-state index in [9.17, 15) is 4.39 Å². The molecule has 1 saturated heterocycles. The number of ether oxygens (including phenoxy) is 1. The van der Waals surface area contributed by atoms with E-state index >= 15 is 0 Å². The molecule has 1 fully saturated rings. The highest BCUT2D eigenvalue weighted by molar-refractivity contribution is 5.53. The number of pyridine rings is 1. The van der Waals surface area contributed by atoms with Crippen LogP contribution in [0.4, 0.5) is 10.2 Å². The van der Waals surface area contributed by atoms with Gasteiger partial charge in [-0.3, -0.25) is 0 Å². The van der Waals surface area contributed by atoms with Crippen LogP contribution in [0.25, 0.3) is 0 Å². The predicted octanol–water partition coefficient (Wildman–Crippen LogP) is 0.947. The third-order valence-corrected chi connectivity index (χ3v) is 2.73. The zero-order valence-corrected chi connectivity index (χ0v) is 9.59. The molecule has 88 valence electrons. The van der Waals surface area contributed by atoms with Crippen molar-refractivity contribution in [1.82, 2.24) is 10.3 Å². The monoisotopic (exact) mass is 225 g/mol. The number of halogens is 1. The standard InChI is InChI=1S/C11H16FN3O/c1-8-9(12)7-10(16-2)11(14-8)15-5-3-13-4-6-15/h7,13H,3-6H2,1-2H3. The molecule has 0 atom stereocenters. The first kappa shape index (κ1) is 11.1. The van der Waals surface area contributed by atoms with Crippen molar-refractivity contribution in [3.63, 3.8) is 0 Å². The van der Waals surface area contributed by atoms with Crippen LogP contribution in [0.5, 0.6) is 5.75 Å². The molecule has 0 amide bonds. The van der Waals surface area contributed by atoms with Crippen LogP contribution in [0, 0.1) is 12.7 Å². The van der Waals surface area contributed by atoms with Crippen molar-refractivity contribution in [3.05, 3.63) is 17.6 Å². The number of rotatable bonds is 2. The molecule has 0 radical (unpaired) electrons. The van der Waals surface area contributed by atoms with Crippen molar-refractivity contribution in [3.8, 4) is 5.75 Å². The number of aryl methyl sites for hydroxylation is 1. The van der Waals surface area contributed by atoms with E-state index in [1.54, 1.807) is 6.92 Å². The van der Waals surface area contributed by atoms with Crippen LogP contribution in [0.1, 0.15) is 5.69 Å². The van der Waals surface area contributed by atoms with Gasteiger partial charge >= 0.3 is 0 Å². The number of nitrogens with one attached hydrogen (secondary N) is 1. The smallest absolute Gasteiger partial charge is 0.171 e. The molecule has 1 aliphatic rings. The van der Waals surface area contributed by atoms with Crippen molar-refractivity contribution in [2.45, 2.75) is 6.92 Å². The van der Waals surface area contributed by atoms with Crippen LogP contribution >= 0.6 is 0 Å². The molecule has 0 aromatic carbocycles. The molecule has 2 heterocycles. The van der Waals surface area contributed by atoms with Crippen LogP contribution in [0.15, 0.2) is 6.07 Å². The molecule has 0 aliphatic carbocycles. The third kappa shape index (κ3) is 2.09. The Morgan fingerprint density at radius 2 is 2.12 bits per heavy atom. The molecule has 0 unspecified atom stereocenters. The average molecular weight is 225 g/mol. The normalized spacial score (nSPS) is 16.3. The maximum absolute atomic E-state index is 13.3. The van der Waals surface area contributed by atoms with Crippen LogP contribution < -0.4 is 15.0 Å². The van der Waals surface area contributed by atoms with Gasteiger partial charge in [0.1, 0.15) is 5.82 Å². The molecule has 1 aromatic rings. The Hall–Kier alpha value is -1.36. The fourth-order valence-corrected chi connectivity index (χ4v) is 1.80. The molecule has 5 heteroatoms. The van der Waals surface area contributed by atoms with Crippen LogP contribution in [0.2, 0.25) is 0 Å². The summed E-state index contributed by atoms with van der Waals surface area (Å²) in [4.78, 5) is 6.38. The maximum Gasteiger partial charge on any atom is 0.171 e. The fourth-order valence-electron chi connectivity index (χ4n) is 1.80. The molecule has 4 nitrogen and oxygen atoms in total. The van der Waals surface area contributed by atoms with Crippen molar-refractivity contribution in [2.75, 3.05) is 38.2 Å². The quantitative estimate of drug-likeness (QED) is 0.813. The lowest BCUT2D eigenvalue weighted by Crippen LogP contribution is -2.44. The maximum atomic E-state index is 13.3. The number of piperazine rings is 1. The van der Waals surface area contributed by atoms with E-state index < -0.39 is 0 Å². The zero-order valence-electron chi connectivity index (χ0n) is 9.59. The van der Waals surface area contributed by atoms with Gasteiger partial charge in [0.05, 0.1) is 12.8 Å². The van der Waals surface area contributed by atoms with Gasteiger partial charge in [0.15, 0.2) is 11.6 Å². The van der Waals surface area contributed by atoms with E-state index in [4.69, 9.17) is 4.74 Å². The summed E-state index contributed by atoms with van der Waals surface area (Å²) in [6.07, 6.45) is 0. The van der Waals surface area contributed by atoms with Gasteiger partial charge in [-0.05, 0) is 6.92 Å². The highest BCUT2D eigenvalue weighted by atomic mass is 19.1. The molecule has 16 heavy (non-hydrogen) atoms. The molecular formula is C11H16FN3O. The van der Waals surface area contributed by atoms with Crippen LogP contribution in [0.3, 0.4) is 0 Å². The lowest BCUT2D eigenvalue weighted by atomic mass is 10.3. The van der Waals surface area contributed by atoms with E-state index in [0.29, 0.717) is 11.4 Å². The minimum Gasteiger partial charge on any atom is -0.493 e. The van der Waals surface area contributed by atoms with Crippen molar-refractivity contribution < 1.29 is 9.13 Å². The first-order valence-electron chi connectivity index (χ1n) is 5.39. The molecule has 0 saturated carbocycles. The first-order valence-corrected chi connectivity index (χ1v) is 5.39. The highest BCUT2D eigenvalue weighted by Gasteiger charge is 2.18. The number of aromatic nitrogens is 1. The van der Waals surface area contributed by atoms with Crippen molar-refractivity contribution >= 4 is 5.82 Å². The lowest BCUT2D eigenvalue weighted by molar-refractivity contribution is 0.406. The summed E-state index contributed by atoms with van der Waals surface area (Å²) in [5.74, 6) is 0.920. The summed E-state index contributed by atoms with van der Waals surface area (Å²) in [6.45, 7) is 5.24. The summed E-state index contributed by atoms with van der Waals surface area (Å²) in [7, 11) is 1.54. The second-order valence-electron chi connectivity index (χ2n) is 3.82. The van der Waals surface area contributed by atoms with E-state index in [0.717, 1.165) is 32.0 Å². The number of nitrogens with zero attached hydrogens (tertiary/aromatic N) is 2. The van der Waals surface area contributed by atoms with Crippen LogP contribution in [-0.2, 0) is 0 Å². The Labute approximate surface area is 94.4 Å². The van der Waals surface area contributed by atoms with Gasteiger partial charge in [-0.15, -0.1) is 0 Å². The summed E-state index contributed by atoms with van der Waals surface area (Å²) >= 11 is 0. The van der Waals surface area contributed by atoms with E-state index in [-0.39, 0.29) is 5.82 Å². The summed E-state index contributed by atoms with van der Waals surface area (Å²) in [5.41, 5.74) is 0.411. The van der Waals surface area contributed by atoms with Gasteiger partial charge in [-0.1, -0.05) is 0 Å². The van der Waals surface area contributed by atoms with E-state index in [1.807, 2.05) is 0 Å². The van der Waals surface area contributed by atoms with E-state index in [1.165, 1.54) is 13.2 Å². The zero-order chi connectivity index (χ0) is 11.5. The minimum absolute atomic E-state index is 0.323. The average Bonchev–Trinajstić information content (AvgIpc) is 2.33. The molecule has 2 rings (SSSR count). The minimum atomic E-state index is -0.323. The topological polar surface area (TPSA) is 37.4 Å². The van der Waals surface area contributed by atoms with Crippen molar-refractivity contribution in [1.29, 1.82) is 0 Å². The summed E-state index contributed by atoms with van der Waals surface area (Å²) in [6, 6.07) is 1.40. The third-order valence-electron chi connectivity index (χ3n) is 2.73. The number of methoxy groups -OCH3 is 1. The highest BCUT2D eigenvalue weighted by Crippen LogP contribution is 2.27. The van der Waals surface area contributed by atoms with Gasteiger partial charge < -0.3 is 15.0 Å². The largest absolute Gasteiger partial charge is 0.493 e. The number of anilines is 1. The second kappa shape index (κ2) is 4.65. The van der Waals surface area contributed by atoms with Gasteiger partial charge in [-0.2, -0.15) is 0 Å². The van der Waals surface area contributed by atoms with Gasteiger partial charge in [-0.25, -0.2) is 9.37 Å². The van der Waals surface area contributed by atoms with Gasteiger partial charge in [0.25, 0.3) is 0 Å². The SMILES string of the molecule is COc1cc(F)c(C)nc1N1CCNCC1. The first-order chi connectivity index (χ1) is 7.72. The molecular weight excluding hydrogens is 209 g/mol. The Kier molecular flexibility index (Phi) is 3.24. The molecule has 1 aromatic heterocycles. The van der Waals surface area contributed by atoms with Gasteiger partial charge in [0.2, 0.25) is 0 Å². The van der Waals surface area contributed by atoms with Crippen molar-refractivity contribution in [2.24, 2.45) is 0 Å². The fraction of sp³-hybridized carbons (Fsp3) is 0.545. The predicted molar refractivity (Wildman–Crippen MR) is 60.6 cm³/mol. The molecule has 0 bridgehead atoms. The van der Waals surface area contributed by atoms with Gasteiger partial charge in [0, 0.05) is 32.2 Å². The summed E-state index contributed by atoms with van der Waals surface area (Å²) in [5, 5.41) is 3.26. The molecule has 1 aliphatic heterocycles.